The molecule has 24 heavy (non-hydrogen) atoms. The Bertz CT molecular complexity index is 695. The third kappa shape index (κ3) is 3.67. The van der Waals surface area contributed by atoms with Gasteiger partial charge in [-0.05, 0) is 36.2 Å². The van der Waals surface area contributed by atoms with Crippen molar-refractivity contribution in [1.29, 1.82) is 0 Å². The van der Waals surface area contributed by atoms with Gasteiger partial charge in [-0.15, -0.1) is 0 Å². The molecule has 0 N–H and O–H groups in total. The van der Waals surface area contributed by atoms with Crippen LogP contribution in [0, 0.1) is 0 Å². The molecular formula is C19H18F3NO. The maximum Gasteiger partial charge on any atom is 0.416 e. The van der Waals surface area contributed by atoms with E-state index in [2.05, 4.69) is 0 Å². The molecule has 1 heterocycles. The SMILES string of the molecule is O=C1CCCN(Cc2ccccc2)C1c1ccc(C(F)(F)F)cc1. The van der Waals surface area contributed by atoms with Crippen molar-refractivity contribution in [2.75, 3.05) is 6.54 Å². The van der Waals surface area contributed by atoms with E-state index in [1.807, 2.05) is 35.2 Å². The van der Waals surface area contributed by atoms with Crippen LogP contribution in [0.4, 0.5) is 13.2 Å². The first-order valence-corrected chi connectivity index (χ1v) is 7.93. The van der Waals surface area contributed by atoms with Crippen molar-refractivity contribution in [2.45, 2.75) is 31.6 Å². The van der Waals surface area contributed by atoms with Crippen LogP contribution >= 0.6 is 0 Å². The van der Waals surface area contributed by atoms with Crippen LogP contribution in [0.2, 0.25) is 0 Å². The van der Waals surface area contributed by atoms with Gasteiger partial charge in [0.2, 0.25) is 0 Å². The fourth-order valence-corrected chi connectivity index (χ4v) is 3.17. The second kappa shape index (κ2) is 6.77. The number of ketones is 1. The van der Waals surface area contributed by atoms with Gasteiger partial charge in [-0.2, -0.15) is 13.2 Å². The number of piperidine rings is 1. The Morgan fingerprint density at radius 2 is 1.67 bits per heavy atom. The van der Waals surface area contributed by atoms with E-state index in [0.29, 0.717) is 18.5 Å². The molecule has 1 atom stereocenters. The van der Waals surface area contributed by atoms with E-state index < -0.39 is 17.8 Å². The summed E-state index contributed by atoms with van der Waals surface area (Å²) in [7, 11) is 0. The Balaban J connectivity index is 1.85. The number of Topliss-reactive ketones (excluding diaryl/α,β-unsaturated/α-hetero) is 1. The minimum atomic E-state index is -4.36. The zero-order valence-corrected chi connectivity index (χ0v) is 13.1. The molecule has 0 radical (unpaired) electrons. The number of hydrogen-bond donors (Lipinski definition) is 0. The van der Waals surface area contributed by atoms with Gasteiger partial charge in [-0.25, -0.2) is 0 Å². The Labute approximate surface area is 138 Å². The summed E-state index contributed by atoms with van der Waals surface area (Å²) in [5.41, 5.74) is 1.02. The van der Waals surface area contributed by atoms with Crippen molar-refractivity contribution in [3.8, 4) is 0 Å². The monoisotopic (exact) mass is 333 g/mol. The Morgan fingerprint density at radius 1 is 1.00 bits per heavy atom. The zero-order chi connectivity index (χ0) is 17.2. The summed E-state index contributed by atoms with van der Waals surface area (Å²) in [5, 5.41) is 0. The van der Waals surface area contributed by atoms with Crippen molar-refractivity contribution in [3.63, 3.8) is 0 Å². The number of likely N-dealkylation sites (tertiary alicyclic amines) is 1. The summed E-state index contributed by atoms with van der Waals surface area (Å²) < 4.78 is 38.2. The Hall–Kier alpha value is -2.14. The number of rotatable bonds is 3. The fraction of sp³-hybridized carbons (Fsp3) is 0.316. The van der Waals surface area contributed by atoms with E-state index in [9.17, 15) is 18.0 Å². The second-order valence-electron chi connectivity index (χ2n) is 6.05. The maximum atomic E-state index is 12.7. The average molecular weight is 333 g/mol. The lowest BCUT2D eigenvalue weighted by atomic mass is 9.92. The third-order valence-corrected chi connectivity index (χ3v) is 4.32. The molecule has 1 aliphatic heterocycles. The molecule has 0 aromatic heterocycles. The van der Waals surface area contributed by atoms with Crippen LogP contribution < -0.4 is 0 Å². The summed E-state index contributed by atoms with van der Waals surface area (Å²) in [6.07, 6.45) is -3.11. The van der Waals surface area contributed by atoms with Gasteiger partial charge in [-0.3, -0.25) is 9.69 Å². The second-order valence-corrected chi connectivity index (χ2v) is 6.05. The van der Waals surface area contributed by atoms with E-state index in [1.165, 1.54) is 12.1 Å². The molecule has 1 fully saturated rings. The molecule has 0 saturated carbocycles. The van der Waals surface area contributed by atoms with Gasteiger partial charge in [0.1, 0.15) is 0 Å². The molecular weight excluding hydrogens is 315 g/mol. The minimum Gasteiger partial charge on any atom is -0.298 e. The van der Waals surface area contributed by atoms with Gasteiger partial charge in [0, 0.05) is 13.0 Å². The molecule has 1 unspecified atom stereocenters. The summed E-state index contributed by atoms with van der Waals surface area (Å²) >= 11 is 0. The first kappa shape index (κ1) is 16.7. The lowest BCUT2D eigenvalue weighted by Gasteiger charge is -2.35. The summed E-state index contributed by atoms with van der Waals surface area (Å²) in [6, 6.07) is 14.3. The van der Waals surface area contributed by atoms with E-state index in [4.69, 9.17) is 0 Å². The van der Waals surface area contributed by atoms with Crippen LogP contribution in [0.15, 0.2) is 54.6 Å². The summed E-state index contributed by atoms with van der Waals surface area (Å²) in [4.78, 5) is 14.5. The molecule has 2 aromatic rings. The molecule has 5 heteroatoms. The number of alkyl halides is 3. The number of halogens is 3. The van der Waals surface area contributed by atoms with E-state index in [-0.39, 0.29) is 5.78 Å². The van der Waals surface area contributed by atoms with Gasteiger partial charge < -0.3 is 0 Å². The molecule has 0 bridgehead atoms. The van der Waals surface area contributed by atoms with E-state index in [0.717, 1.165) is 30.7 Å². The number of nitrogens with zero attached hydrogens (tertiary/aromatic N) is 1. The smallest absolute Gasteiger partial charge is 0.298 e. The third-order valence-electron chi connectivity index (χ3n) is 4.32. The summed E-state index contributed by atoms with van der Waals surface area (Å²) in [6.45, 7) is 1.37. The lowest BCUT2D eigenvalue weighted by molar-refractivity contribution is -0.137. The van der Waals surface area contributed by atoms with Crippen LogP contribution in [-0.2, 0) is 17.5 Å². The van der Waals surface area contributed by atoms with Gasteiger partial charge in [-0.1, -0.05) is 42.5 Å². The highest BCUT2D eigenvalue weighted by Crippen LogP contribution is 2.33. The van der Waals surface area contributed by atoms with Gasteiger partial charge in [0.15, 0.2) is 5.78 Å². The molecule has 126 valence electrons. The standard InChI is InChI=1S/C19H18F3NO/c20-19(21,22)16-10-8-15(9-11-16)18-17(24)7-4-12-23(18)13-14-5-2-1-3-6-14/h1-3,5-6,8-11,18H,4,7,12-13H2. The zero-order valence-electron chi connectivity index (χ0n) is 13.1. The lowest BCUT2D eigenvalue weighted by Crippen LogP contribution is -2.38. The van der Waals surface area contributed by atoms with Crippen molar-refractivity contribution in [1.82, 2.24) is 4.90 Å². The predicted molar refractivity (Wildman–Crippen MR) is 85.3 cm³/mol. The van der Waals surface area contributed by atoms with Crippen LogP contribution in [0.25, 0.3) is 0 Å². The molecule has 3 rings (SSSR count). The Kier molecular flexibility index (Phi) is 4.71. The fourth-order valence-electron chi connectivity index (χ4n) is 3.17. The summed E-state index contributed by atoms with van der Waals surface area (Å²) in [5.74, 6) is 0.0666. The number of carbonyl (C=O) groups excluding carboxylic acids is 1. The average Bonchev–Trinajstić information content (AvgIpc) is 2.55. The van der Waals surface area contributed by atoms with Crippen molar-refractivity contribution >= 4 is 5.78 Å². The normalized spacial score (nSPS) is 19.5. The number of carbonyl (C=O) groups is 1. The molecule has 0 aliphatic carbocycles. The van der Waals surface area contributed by atoms with Crippen molar-refractivity contribution < 1.29 is 18.0 Å². The first-order chi connectivity index (χ1) is 11.4. The highest BCUT2D eigenvalue weighted by atomic mass is 19.4. The molecule has 1 aliphatic rings. The molecule has 0 spiro atoms. The molecule has 2 aromatic carbocycles. The first-order valence-electron chi connectivity index (χ1n) is 7.93. The number of benzene rings is 2. The molecule has 0 amide bonds. The highest BCUT2D eigenvalue weighted by Gasteiger charge is 2.33. The molecule has 1 saturated heterocycles. The maximum absolute atomic E-state index is 12.7. The van der Waals surface area contributed by atoms with E-state index >= 15 is 0 Å². The van der Waals surface area contributed by atoms with Gasteiger partial charge in [0.25, 0.3) is 0 Å². The highest BCUT2D eigenvalue weighted by molar-refractivity contribution is 5.86. The largest absolute Gasteiger partial charge is 0.416 e. The number of hydrogen-bond acceptors (Lipinski definition) is 2. The predicted octanol–water partition coefficient (Wildman–Crippen LogP) is 4.61. The van der Waals surface area contributed by atoms with Crippen LogP contribution in [0.3, 0.4) is 0 Å². The van der Waals surface area contributed by atoms with Gasteiger partial charge in [0.05, 0.1) is 11.6 Å². The topological polar surface area (TPSA) is 20.3 Å². The van der Waals surface area contributed by atoms with Crippen molar-refractivity contribution in [3.05, 3.63) is 71.3 Å². The van der Waals surface area contributed by atoms with E-state index in [1.54, 1.807) is 0 Å². The van der Waals surface area contributed by atoms with Crippen LogP contribution in [-0.4, -0.2) is 17.2 Å². The quantitative estimate of drug-likeness (QED) is 0.817. The van der Waals surface area contributed by atoms with Crippen molar-refractivity contribution in [2.24, 2.45) is 0 Å². The van der Waals surface area contributed by atoms with Crippen LogP contribution in [0.5, 0.6) is 0 Å². The van der Waals surface area contributed by atoms with Crippen LogP contribution in [0.1, 0.15) is 35.6 Å². The molecule has 2 nitrogen and oxygen atoms in total. The van der Waals surface area contributed by atoms with Gasteiger partial charge >= 0.3 is 6.18 Å². The Morgan fingerprint density at radius 3 is 2.29 bits per heavy atom. The minimum absolute atomic E-state index is 0.0666.